The van der Waals surface area contributed by atoms with Crippen molar-refractivity contribution in [3.63, 3.8) is 0 Å². The molecule has 0 amide bonds. The van der Waals surface area contributed by atoms with Crippen molar-refractivity contribution in [1.29, 1.82) is 0 Å². The van der Waals surface area contributed by atoms with Crippen LogP contribution in [-0.4, -0.2) is 36.2 Å². The van der Waals surface area contributed by atoms with Gasteiger partial charge in [-0.3, -0.25) is 9.58 Å². The van der Waals surface area contributed by atoms with Gasteiger partial charge in [0.2, 0.25) is 10.0 Å². The highest BCUT2D eigenvalue weighted by molar-refractivity contribution is 7.91. The summed E-state index contributed by atoms with van der Waals surface area (Å²) < 4.78 is 29.7. The Balaban J connectivity index is 1.68. The first-order valence-electron chi connectivity index (χ1n) is 8.30. The molecule has 1 aliphatic heterocycles. The van der Waals surface area contributed by atoms with Crippen molar-refractivity contribution in [3.8, 4) is 0 Å². The minimum absolute atomic E-state index is 0.229. The van der Waals surface area contributed by atoms with Crippen LogP contribution in [0.15, 0.2) is 21.7 Å². The van der Waals surface area contributed by atoms with Crippen molar-refractivity contribution in [2.45, 2.75) is 50.5 Å². The second-order valence-electron chi connectivity index (χ2n) is 6.25. The molecule has 0 saturated carbocycles. The third kappa shape index (κ3) is 4.05. The molecule has 6 nitrogen and oxygen atoms in total. The summed E-state index contributed by atoms with van der Waals surface area (Å²) in [7, 11) is -3.46. The molecule has 3 rings (SSSR count). The molecule has 0 atom stereocenters. The molecule has 0 unspecified atom stereocenters. The van der Waals surface area contributed by atoms with E-state index in [-0.39, 0.29) is 6.54 Å². The van der Waals surface area contributed by atoms with Gasteiger partial charge in [0.25, 0.3) is 0 Å². The van der Waals surface area contributed by atoms with Crippen molar-refractivity contribution in [3.05, 3.63) is 34.5 Å². The summed E-state index contributed by atoms with van der Waals surface area (Å²) in [6.45, 7) is 8.28. The van der Waals surface area contributed by atoms with Crippen LogP contribution in [0.2, 0.25) is 0 Å². The number of rotatable bonds is 6. The van der Waals surface area contributed by atoms with Gasteiger partial charge in [0, 0.05) is 19.6 Å². The molecule has 0 aliphatic carbocycles. The summed E-state index contributed by atoms with van der Waals surface area (Å²) in [5.74, 6) is 0. The quantitative estimate of drug-likeness (QED) is 0.850. The van der Waals surface area contributed by atoms with E-state index in [9.17, 15) is 8.42 Å². The average molecular weight is 369 g/mol. The predicted octanol–water partition coefficient (Wildman–Crippen LogP) is 2.35. The van der Waals surface area contributed by atoms with Crippen LogP contribution in [0.4, 0.5) is 0 Å². The fourth-order valence-electron chi connectivity index (χ4n) is 2.97. The molecule has 0 saturated heterocycles. The molecular formula is C16H24N4O2S2. The van der Waals surface area contributed by atoms with Crippen molar-refractivity contribution in [2.75, 3.05) is 13.1 Å². The number of aryl methyl sites for hydroxylation is 2. The average Bonchev–Trinajstić information content (AvgIpc) is 3.09. The zero-order chi connectivity index (χ0) is 17.2. The van der Waals surface area contributed by atoms with Gasteiger partial charge in [0.15, 0.2) is 0 Å². The lowest BCUT2D eigenvalue weighted by Crippen LogP contribution is -2.24. The summed E-state index contributed by atoms with van der Waals surface area (Å²) in [6.07, 6.45) is 2.22. The SMILES string of the molecule is CCCN1CCCn2nc(CNS(=O)(=O)c3cc(C)cs3)cc2C1. The molecule has 0 radical (unpaired) electrons. The van der Waals surface area contributed by atoms with Crippen LogP contribution >= 0.6 is 11.3 Å². The van der Waals surface area contributed by atoms with E-state index in [0.717, 1.165) is 50.3 Å². The molecule has 1 aliphatic rings. The van der Waals surface area contributed by atoms with Crippen LogP contribution in [0.25, 0.3) is 0 Å². The molecule has 0 aromatic carbocycles. The highest BCUT2D eigenvalue weighted by Crippen LogP contribution is 2.20. The van der Waals surface area contributed by atoms with E-state index in [0.29, 0.717) is 4.21 Å². The van der Waals surface area contributed by atoms with Gasteiger partial charge in [-0.15, -0.1) is 11.3 Å². The van der Waals surface area contributed by atoms with Gasteiger partial charge in [-0.2, -0.15) is 5.10 Å². The van der Waals surface area contributed by atoms with Crippen LogP contribution in [0, 0.1) is 6.92 Å². The highest BCUT2D eigenvalue weighted by atomic mass is 32.2. The second kappa shape index (κ2) is 7.35. The van der Waals surface area contributed by atoms with E-state index in [4.69, 9.17) is 0 Å². The van der Waals surface area contributed by atoms with Gasteiger partial charge in [0.1, 0.15) is 4.21 Å². The lowest BCUT2D eigenvalue weighted by molar-refractivity contribution is 0.270. The van der Waals surface area contributed by atoms with Gasteiger partial charge >= 0.3 is 0 Å². The van der Waals surface area contributed by atoms with Crippen LogP contribution in [0.5, 0.6) is 0 Å². The van der Waals surface area contributed by atoms with Crippen molar-refractivity contribution >= 4 is 21.4 Å². The number of aromatic nitrogens is 2. The first-order chi connectivity index (χ1) is 11.5. The van der Waals surface area contributed by atoms with Gasteiger partial charge in [0.05, 0.1) is 17.9 Å². The van der Waals surface area contributed by atoms with Crippen LogP contribution in [0.1, 0.15) is 36.7 Å². The molecule has 0 spiro atoms. The summed E-state index contributed by atoms with van der Waals surface area (Å²) >= 11 is 1.24. The van der Waals surface area contributed by atoms with Crippen LogP contribution < -0.4 is 4.72 Å². The Labute approximate surface area is 147 Å². The number of nitrogens with zero attached hydrogens (tertiary/aromatic N) is 3. The topological polar surface area (TPSA) is 67.2 Å². The Morgan fingerprint density at radius 1 is 1.33 bits per heavy atom. The largest absolute Gasteiger partial charge is 0.297 e. The monoisotopic (exact) mass is 368 g/mol. The second-order valence-corrected chi connectivity index (χ2v) is 9.15. The molecule has 2 aromatic heterocycles. The standard InChI is InChI=1S/C16H24N4O2S2/c1-3-5-19-6-4-7-20-15(11-19)9-14(18-20)10-17-24(21,22)16-8-13(2)12-23-16/h8-9,12,17H,3-7,10-11H2,1-2H3. The van der Waals surface area contributed by atoms with E-state index in [1.165, 1.54) is 17.0 Å². The first-order valence-corrected chi connectivity index (χ1v) is 10.7. The lowest BCUT2D eigenvalue weighted by atomic mass is 10.3. The number of thiophene rings is 1. The normalized spacial score (nSPS) is 16.1. The van der Waals surface area contributed by atoms with E-state index in [1.54, 1.807) is 6.07 Å². The number of hydrogen-bond acceptors (Lipinski definition) is 5. The molecule has 3 heterocycles. The number of nitrogens with one attached hydrogen (secondary N) is 1. The van der Waals surface area contributed by atoms with Crippen molar-refractivity contribution < 1.29 is 8.42 Å². The smallest absolute Gasteiger partial charge is 0.250 e. The summed E-state index contributed by atoms with van der Waals surface area (Å²) in [4.78, 5) is 2.43. The third-order valence-corrected chi connectivity index (χ3v) is 7.06. The molecule has 24 heavy (non-hydrogen) atoms. The molecular weight excluding hydrogens is 344 g/mol. The summed E-state index contributed by atoms with van der Waals surface area (Å²) in [5, 5.41) is 6.42. The highest BCUT2D eigenvalue weighted by Gasteiger charge is 2.19. The van der Waals surface area contributed by atoms with Crippen molar-refractivity contribution in [2.24, 2.45) is 0 Å². The van der Waals surface area contributed by atoms with Gasteiger partial charge in [-0.1, -0.05) is 6.92 Å². The molecule has 8 heteroatoms. The van der Waals surface area contributed by atoms with Crippen LogP contribution in [0.3, 0.4) is 0 Å². The Morgan fingerprint density at radius 3 is 2.88 bits per heavy atom. The fraction of sp³-hybridized carbons (Fsp3) is 0.562. The summed E-state index contributed by atoms with van der Waals surface area (Å²) in [5.41, 5.74) is 2.91. The predicted molar refractivity (Wildman–Crippen MR) is 95.5 cm³/mol. The molecule has 0 fully saturated rings. The maximum Gasteiger partial charge on any atom is 0.250 e. The van der Waals surface area contributed by atoms with E-state index in [2.05, 4.69) is 21.6 Å². The molecule has 0 bridgehead atoms. The van der Waals surface area contributed by atoms with E-state index >= 15 is 0 Å². The maximum absolute atomic E-state index is 12.3. The van der Waals surface area contributed by atoms with Gasteiger partial charge < -0.3 is 0 Å². The minimum atomic E-state index is -3.46. The zero-order valence-corrected chi connectivity index (χ0v) is 15.8. The van der Waals surface area contributed by atoms with E-state index < -0.39 is 10.0 Å². The number of hydrogen-bond donors (Lipinski definition) is 1. The molecule has 1 N–H and O–H groups in total. The number of fused-ring (bicyclic) bond motifs is 1. The van der Waals surface area contributed by atoms with Crippen LogP contribution in [-0.2, 0) is 29.7 Å². The Bertz CT molecular complexity index is 795. The fourth-order valence-corrected chi connectivity index (χ4v) is 5.24. The first kappa shape index (κ1) is 17.6. The molecule has 132 valence electrons. The summed E-state index contributed by atoms with van der Waals surface area (Å²) in [6, 6.07) is 3.72. The minimum Gasteiger partial charge on any atom is -0.297 e. The maximum atomic E-state index is 12.3. The lowest BCUT2D eigenvalue weighted by Gasteiger charge is -2.17. The van der Waals surface area contributed by atoms with Crippen molar-refractivity contribution in [1.82, 2.24) is 19.4 Å². The zero-order valence-electron chi connectivity index (χ0n) is 14.2. The Kier molecular flexibility index (Phi) is 5.39. The van der Waals surface area contributed by atoms with Gasteiger partial charge in [-0.25, -0.2) is 13.1 Å². The van der Waals surface area contributed by atoms with E-state index in [1.807, 2.05) is 23.1 Å². The van der Waals surface area contributed by atoms with Gasteiger partial charge in [-0.05, 0) is 49.4 Å². The Morgan fingerprint density at radius 2 is 2.17 bits per heavy atom. The number of sulfonamides is 1. The Hall–Kier alpha value is -1.22. The third-order valence-electron chi connectivity index (χ3n) is 4.10. The molecule has 2 aromatic rings.